The molecule has 1 aromatic carbocycles. The van der Waals surface area contributed by atoms with Crippen LogP contribution < -0.4 is 26.8 Å². The van der Waals surface area contributed by atoms with Gasteiger partial charge in [0, 0.05) is 18.0 Å². The van der Waals surface area contributed by atoms with Crippen molar-refractivity contribution >= 4 is 29.3 Å². The van der Waals surface area contributed by atoms with Gasteiger partial charge in [-0.25, -0.2) is 4.98 Å². The average Bonchev–Trinajstić information content (AvgIpc) is 2.59. The zero-order chi connectivity index (χ0) is 18.4. The van der Waals surface area contributed by atoms with Gasteiger partial charge >= 0.3 is 0 Å². The summed E-state index contributed by atoms with van der Waals surface area (Å²) in [6, 6.07) is 6.46. The maximum Gasteiger partial charge on any atom is 0.254 e. The van der Waals surface area contributed by atoms with Crippen LogP contribution in [0.5, 0.6) is 5.75 Å². The van der Waals surface area contributed by atoms with Crippen LogP contribution in [-0.2, 0) is 4.79 Å². The highest BCUT2D eigenvalue weighted by Crippen LogP contribution is 2.23. The monoisotopic (exact) mass is 344 g/mol. The van der Waals surface area contributed by atoms with E-state index >= 15 is 0 Å². The standard InChI is InChI=1S/C16H20N6O3/c1-3-12(14(18)24)21-16-19-8-11(13(17)23)15(22-16)20-9-5-4-6-10(7-9)25-2/h4-8,12H,3H2,1-2H3,(H2,17,23)(H2,18,24)(H2,19,20,21,22)/t12-/m1/s1. The molecule has 9 nitrogen and oxygen atoms in total. The molecule has 6 N–H and O–H groups in total. The van der Waals surface area contributed by atoms with E-state index in [2.05, 4.69) is 20.6 Å². The first-order valence-corrected chi connectivity index (χ1v) is 7.58. The van der Waals surface area contributed by atoms with E-state index in [0.717, 1.165) is 0 Å². The number of nitrogens with two attached hydrogens (primary N) is 2. The lowest BCUT2D eigenvalue weighted by Gasteiger charge is -2.15. The fourth-order valence-electron chi connectivity index (χ4n) is 2.09. The zero-order valence-electron chi connectivity index (χ0n) is 13.9. The third-order valence-electron chi connectivity index (χ3n) is 3.44. The summed E-state index contributed by atoms with van der Waals surface area (Å²) in [5, 5.41) is 5.83. The fraction of sp³-hybridized carbons (Fsp3) is 0.250. The third kappa shape index (κ3) is 4.56. The number of nitrogens with one attached hydrogen (secondary N) is 2. The van der Waals surface area contributed by atoms with Gasteiger partial charge in [-0.1, -0.05) is 13.0 Å². The number of carbonyl (C=O) groups excluding carboxylic acids is 2. The number of ether oxygens (including phenoxy) is 1. The summed E-state index contributed by atoms with van der Waals surface area (Å²) in [6.07, 6.45) is 1.75. The molecule has 0 aliphatic carbocycles. The molecule has 25 heavy (non-hydrogen) atoms. The third-order valence-corrected chi connectivity index (χ3v) is 3.44. The topological polar surface area (TPSA) is 145 Å². The lowest BCUT2D eigenvalue weighted by molar-refractivity contribution is -0.118. The van der Waals surface area contributed by atoms with Crippen LogP contribution in [-0.4, -0.2) is 34.9 Å². The van der Waals surface area contributed by atoms with E-state index in [4.69, 9.17) is 16.2 Å². The van der Waals surface area contributed by atoms with Crippen molar-refractivity contribution in [1.29, 1.82) is 0 Å². The minimum atomic E-state index is -0.682. The second kappa shape index (κ2) is 7.95. The Morgan fingerprint density at radius 2 is 2.08 bits per heavy atom. The summed E-state index contributed by atoms with van der Waals surface area (Å²) in [5.41, 5.74) is 11.4. The predicted molar refractivity (Wildman–Crippen MR) is 93.7 cm³/mol. The second-order valence-electron chi connectivity index (χ2n) is 5.18. The maximum absolute atomic E-state index is 11.6. The van der Waals surface area contributed by atoms with Gasteiger partial charge in [-0.3, -0.25) is 9.59 Å². The van der Waals surface area contributed by atoms with E-state index in [-0.39, 0.29) is 17.3 Å². The van der Waals surface area contributed by atoms with Gasteiger partial charge in [0.05, 0.1) is 7.11 Å². The van der Waals surface area contributed by atoms with E-state index in [1.54, 1.807) is 38.3 Å². The number of aromatic nitrogens is 2. The Bertz CT molecular complexity index is 780. The van der Waals surface area contributed by atoms with Gasteiger partial charge in [-0.15, -0.1) is 0 Å². The fourth-order valence-corrected chi connectivity index (χ4v) is 2.09. The molecule has 0 saturated heterocycles. The summed E-state index contributed by atoms with van der Waals surface area (Å²) in [4.78, 5) is 31.2. The Balaban J connectivity index is 2.34. The highest BCUT2D eigenvalue weighted by atomic mass is 16.5. The van der Waals surface area contributed by atoms with Gasteiger partial charge in [0.2, 0.25) is 11.9 Å². The zero-order valence-corrected chi connectivity index (χ0v) is 13.9. The van der Waals surface area contributed by atoms with Crippen LogP contribution in [0.15, 0.2) is 30.5 Å². The van der Waals surface area contributed by atoms with Gasteiger partial charge in [-0.2, -0.15) is 4.98 Å². The van der Waals surface area contributed by atoms with Gasteiger partial charge in [-0.05, 0) is 18.6 Å². The number of benzene rings is 1. The maximum atomic E-state index is 11.6. The van der Waals surface area contributed by atoms with Crippen LogP contribution >= 0.6 is 0 Å². The minimum Gasteiger partial charge on any atom is -0.497 e. The van der Waals surface area contributed by atoms with E-state index in [0.29, 0.717) is 17.9 Å². The van der Waals surface area contributed by atoms with E-state index < -0.39 is 17.9 Å². The Morgan fingerprint density at radius 3 is 2.68 bits per heavy atom. The number of methoxy groups -OCH3 is 1. The van der Waals surface area contributed by atoms with Gasteiger partial charge in [0.1, 0.15) is 23.2 Å². The molecule has 0 radical (unpaired) electrons. The number of rotatable bonds is 8. The van der Waals surface area contributed by atoms with Crippen LogP contribution in [0.4, 0.5) is 17.5 Å². The number of primary amides is 2. The number of anilines is 3. The first-order valence-electron chi connectivity index (χ1n) is 7.58. The van der Waals surface area contributed by atoms with Crippen molar-refractivity contribution in [3.63, 3.8) is 0 Å². The van der Waals surface area contributed by atoms with Crippen molar-refractivity contribution in [3.8, 4) is 5.75 Å². The van der Waals surface area contributed by atoms with Gasteiger partial charge in [0.25, 0.3) is 5.91 Å². The second-order valence-corrected chi connectivity index (χ2v) is 5.18. The van der Waals surface area contributed by atoms with Crippen molar-refractivity contribution in [3.05, 3.63) is 36.0 Å². The van der Waals surface area contributed by atoms with Crippen LogP contribution in [0.2, 0.25) is 0 Å². The smallest absolute Gasteiger partial charge is 0.254 e. The number of nitrogens with zero attached hydrogens (tertiary/aromatic N) is 2. The molecule has 132 valence electrons. The van der Waals surface area contributed by atoms with Crippen molar-refractivity contribution in [1.82, 2.24) is 9.97 Å². The Hall–Kier alpha value is -3.36. The van der Waals surface area contributed by atoms with Crippen molar-refractivity contribution < 1.29 is 14.3 Å². The van der Waals surface area contributed by atoms with Crippen molar-refractivity contribution in [2.75, 3.05) is 17.7 Å². The lowest BCUT2D eigenvalue weighted by atomic mass is 10.2. The molecule has 2 aromatic rings. The van der Waals surface area contributed by atoms with Crippen LogP contribution in [0.25, 0.3) is 0 Å². The molecule has 1 heterocycles. The highest BCUT2D eigenvalue weighted by molar-refractivity contribution is 5.98. The van der Waals surface area contributed by atoms with Crippen molar-refractivity contribution in [2.24, 2.45) is 11.5 Å². The van der Waals surface area contributed by atoms with E-state index in [1.807, 2.05) is 0 Å². The number of hydrogen-bond acceptors (Lipinski definition) is 7. The molecule has 1 aromatic heterocycles. The highest BCUT2D eigenvalue weighted by Gasteiger charge is 2.17. The van der Waals surface area contributed by atoms with Gasteiger partial charge < -0.3 is 26.8 Å². The summed E-state index contributed by atoms with van der Waals surface area (Å²) in [6.45, 7) is 1.80. The Kier molecular flexibility index (Phi) is 5.72. The molecule has 1 atom stereocenters. The number of amides is 2. The summed E-state index contributed by atoms with van der Waals surface area (Å²) in [7, 11) is 1.55. The molecule has 0 aliphatic rings. The molecule has 0 saturated carbocycles. The van der Waals surface area contributed by atoms with Crippen molar-refractivity contribution in [2.45, 2.75) is 19.4 Å². The molecule has 0 fully saturated rings. The summed E-state index contributed by atoms with van der Waals surface area (Å²) < 4.78 is 5.16. The van der Waals surface area contributed by atoms with Crippen LogP contribution in [0, 0.1) is 0 Å². The molecule has 0 spiro atoms. The Labute approximate surface area is 144 Å². The average molecular weight is 344 g/mol. The molecule has 0 aliphatic heterocycles. The SMILES string of the molecule is CC[C@@H](Nc1ncc(C(N)=O)c(Nc2cccc(OC)c2)n1)C(N)=O. The molecule has 2 rings (SSSR count). The number of hydrogen-bond donors (Lipinski definition) is 4. The summed E-state index contributed by atoms with van der Waals surface area (Å²) in [5.74, 6) is -0.206. The Morgan fingerprint density at radius 1 is 1.32 bits per heavy atom. The normalized spacial score (nSPS) is 11.4. The van der Waals surface area contributed by atoms with Gasteiger partial charge in [0.15, 0.2) is 0 Å². The largest absolute Gasteiger partial charge is 0.497 e. The molecule has 0 unspecified atom stereocenters. The minimum absolute atomic E-state index is 0.112. The molecular weight excluding hydrogens is 324 g/mol. The van der Waals surface area contributed by atoms with E-state index in [1.165, 1.54) is 6.20 Å². The number of carbonyl (C=O) groups is 2. The van der Waals surface area contributed by atoms with Crippen LogP contribution in [0.3, 0.4) is 0 Å². The first kappa shape index (κ1) is 18.0. The lowest BCUT2D eigenvalue weighted by Crippen LogP contribution is -2.35. The van der Waals surface area contributed by atoms with Crippen LogP contribution in [0.1, 0.15) is 23.7 Å². The molecular formula is C16H20N6O3. The molecule has 2 amide bonds. The predicted octanol–water partition coefficient (Wildman–Crippen LogP) is 1.00. The quantitative estimate of drug-likeness (QED) is 0.559. The van der Waals surface area contributed by atoms with E-state index in [9.17, 15) is 9.59 Å². The summed E-state index contributed by atoms with van der Waals surface area (Å²) >= 11 is 0. The first-order chi connectivity index (χ1) is 11.9. The molecule has 0 bridgehead atoms. The molecule has 9 heteroatoms.